The maximum atomic E-state index is 16.4. The van der Waals surface area contributed by atoms with Crippen LogP contribution in [-0.2, 0) is 0 Å². The molecule has 3 atom stereocenters. The molecule has 4 heterocycles. The van der Waals surface area contributed by atoms with E-state index in [9.17, 15) is 5.11 Å². The van der Waals surface area contributed by atoms with Crippen LogP contribution in [0.15, 0.2) is 42.6 Å². The van der Waals surface area contributed by atoms with Crippen LogP contribution in [0.4, 0.5) is 10.2 Å². The molecule has 2 unspecified atom stereocenters. The summed E-state index contributed by atoms with van der Waals surface area (Å²) in [6.45, 7) is 6.54. The average molecular weight is 528 g/mol. The second-order valence-corrected chi connectivity index (χ2v) is 11.4. The lowest BCUT2D eigenvalue weighted by atomic mass is 9.98. The van der Waals surface area contributed by atoms with Crippen molar-refractivity contribution in [1.29, 1.82) is 0 Å². The number of nitrogens with zero attached hydrogens (tertiary/aromatic N) is 5. The summed E-state index contributed by atoms with van der Waals surface area (Å²) in [6, 6.07) is 11.4. The Morgan fingerprint density at radius 1 is 1.05 bits per heavy atom. The van der Waals surface area contributed by atoms with Gasteiger partial charge in [0, 0.05) is 30.9 Å². The van der Waals surface area contributed by atoms with Gasteiger partial charge in [-0.15, -0.1) is 0 Å². The molecule has 2 aliphatic heterocycles. The first-order valence-corrected chi connectivity index (χ1v) is 14.3. The molecule has 1 N–H and O–H groups in total. The highest BCUT2D eigenvalue weighted by atomic mass is 19.1. The fraction of sp³-hybridized carbons (Fsp3) is 0.452. The zero-order valence-electron chi connectivity index (χ0n) is 22.3. The number of halogens is 1. The van der Waals surface area contributed by atoms with Crippen molar-refractivity contribution in [1.82, 2.24) is 19.9 Å². The largest absolute Gasteiger partial charge is 0.508 e. The topological polar surface area (TPSA) is 74.6 Å². The van der Waals surface area contributed by atoms with Crippen LogP contribution in [0, 0.1) is 17.7 Å². The molecule has 0 amide bonds. The van der Waals surface area contributed by atoms with Crippen LogP contribution in [0.2, 0.25) is 0 Å². The highest BCUT2D eigenvalue weighted by molar-refractivity contribution is 5.99. The molecule has 3 fully saturated rings. The van der Waals surface area contributed by atoms with Gasteiger partial charge in [0.05, 0.1) is 5.39 Å². The zero-order chi connectivity index (χ0) is 26.5. The second kappa shape index (κ2) is 9.90. The lowest BCUT2D eigenvalue weighted by molar-refractivity contribution is 0.170. The number of phenolic OH excluding ortho intramolecular Hbond substituents is 1. The van der Waals surface area contributed by atoms with Gasteiger partial charge >= 0.3 is 6.01 Å². The van der Waals surface area contributed by atoms with Gasteiger partial charge in [-0.1, -0.05) is 31.2 Å². The van der Waals surface area contributed by atoms with Crippen LogP contribution >= 0.6 is 0 Å². The number of hydrogen-bond acceptors (Lipinski definition) is 7. The fourth-order valence-electron chi connectivity index (χ4n) is 7.06. The Kier molecular flexibility index (Phi) is 6.22. The number of anilines is 1. The highest BCUT2D eigenvalue weighted by Gasteiger charge is 2.35. The number of rotatable bonds is 6. The summed E-state index contributed by atoms with van der Waals surface area (Å²) < 4.78 is 22.7. The first-order chi connectivity index (χ1) is 19.1. The molecule has 4 aromatic rings. The Labute approximate surface area is 227 Å². The standard InChI is InChI=1S/C31H34FN5O2/c1-2-36-11-5-7-22(36)18-39-31-34-29-26(30(35-31)37-16-19-9-10-20(12-19)17-37)15-33-28(27(29)32)25-14-23(38)13-21-6-3-4-8-24(21)25/h3-4,6,8,13-15,19-20,22,38H,2,5,7,9-12,16-18H2,1H3/t19?,20?,22-/m0/s1. The van der Waals surface area contributed by atoms with Gasteiger partial charge < -0.3 is 14.7 Å². The summed E-state index contributed by atoms with van der Waals surface area (Å²) in [4.78, 5) is 18.8. The van der Waals surface area contributed by atoms with Gasteiger partial charge in [0.25, 0.3) is 0 Å². The smallest absolute Gasteiger partial charge is 0.319 e. The summed E-state index contributed by atoms with van der Waals surface area (Å²) in [5.74, 6) is 1.55. The number of likely N-dealkylation sites (tertiary alicyclic amines) is 1. The molecule has 202 valence electrons. The molecule has 7 rings (SSSR count). The van der Waals surface area contributed by atoms with E-state index in [-0.39, 0.29) is 23.0 Å². The number of aromatic nitrogens is 3. The summed E-state index contributed by atoms with van der Waals surface area (Å²) in [7, 11) is 0. The van der Waals surface area contributed by atoms with Gasteiger partial charge in [0.2, 0.25) is 0 Å². The molecule has 1 saturated carbocycles. The van der Waals surface area contributed by atoms with Crippen molar-refractivity contribution >= 4 is 27.5 Å². The Morgan fingerprint density at radius 2 is 1.87 bits per heavy atom. The van der Waals surface area contributed by atoms with Crippen LogP contribution < -0.4 is 9.64 Å². The molecule has 2 bridgehead atoms. The minimum absolute atomic E-state index is 0.0678. The predicted octanol–water partition coefficient (Wildman–Crippen LogP) is 5.79. The predicted molar refractivity (Wildman–Crippen MR) is 151 cm³/mol. The molecule has 39 heavy (non-hydrogen) atoms. The van der Waals surface area contributed by atoms with Crippen LogP contribution in [0.1, 0.15) is 39.0 Å². The number of ether oxygens (including phenoxy) is 1. The monoisotopic (exact) mass is 527 g/mol. The number of hydrogen-bond donors (Lipinski definition) is 1. The van der Waals surface area contributed by atoms with Gasteiger partial charge in [-0.3, -0.25) is 9.88 Å². The van der Waals surface area contributed by atoms with E-state index in [0.29, 0.717) is 41.3 Å². The third kappa shape index (κ3) is 4.44. The van der Waals surface area contributed by atoms with E-state index < -0.39 is 5.82 Å². The lowest BCUT2D eigenvalue weighted by Crippen LogP contribution is -2.37. The normalized spacial score (nSPS) is 23.2. The number of aromatic hydroxyl groups is 1. The number of likely N-dealkylation sites (N-methyl/N-ethyl adjacent to an activating group) is 1. The van der Waals surface area contributed by atoms with Gasteiger partial charge in [0.15, 0.2) is 5.82 Å². The van der Waals surface area contributed by atoms with Crippen molar-refractivity contribution in [3.05, 3.63) is 48.4 Å². The Bertz CT molecular complexity index is 1530. The molecule has 0 radical (unpaired) electrons. The lowest BCUT2D eigenvalue weighted by Gasteiger charge is -2.33. The van der Waals surface area contributed by atoms with Crippen LogP contribution in [0.5, 0.6) is 11.8 Å². The van der Waals surface area contributed by atoms with Crippen molar-refractivity contribution in [2.24, 2.45) is 11.8 Å². The highest BCUT2D eigenvalue weighted by Crippen LogP contribution is 2.41. The van der Waals surface area contributed by atoms with E-state index in [1.807, 2.05) is 24.3 Å². The van der Waals surface area contributed by atoms with Gasteiger partial charge in [-0.05, 0) is 79.9 Å². The van der Waals surface area contributed by atoms with E-state index in [0.717, 1.165) is 49.8 Å². The second-order valence-electron chi connectivity index (χ2n) is 11.4. The van der Waals surface area contributed by atoms with Crippen molar-refractivity contribution in [2.75, 3.05) is 37.7 Å². The molecule has 1 aliphatic carbocycles. The number of benzene rings is 2. The van der Waals surface area contributed by atoms with Crippen molar-refractivity contribution in [3.8, 4) is 23.0 Å². The number of fused-ring (bicyclic) bond motifs is 4. The van der Waals surface area contributed by atoms with Crippen molar-refractivity contribution < 1.29 is 14.2 Å². The van der Waals surface area contributed by atoms with Gasteiger partial charge in [-0.2, -0.15) is 9.97 Å². The molecule has 3 aliphatic rings. The van der Waals surface area contributed by atoms with Crippen molar-refractivity contribution in [3.63, 3.8) is 0 Å². The maximum absolute atomic E-state index is 16.4. The van der Waals surface area contributed by atoms with Crippen molar-refractivity contribution in [2.45, 2.75) is 45.1 Å². The fourth-order valence-corrected chi connectivity index (χ4v) is 7.06. The number of pyridine rings is 1. The van der Waals surface area contributed by atoms with E-state index >= 15 is 4.39 Å². The third-order valence-electron chi connectivity index (χ3n) is 8.96. The maximum Gasteiger partial charge on any atom is 0.319 e. The molecule has 7 nitrogen and oxygen atoms in total. The zero-order valence-corrected chi connectivity index (χ0v) is 22.3. The first-order valence-electron chi connectivity index (χ1n) is 14.3. The quantitative estimate of drug-likeness (QED) is 0.340. The number of phenols is 1. The van der Waals surface area contributed by atoms with Crippen LogP contribution in [-0.4, -0.2) is 63.8 Å². The van der Waals surface area contributed by atoms with Crippen LogP contribution in [0.3, 0.4) is 0 Å². The molecule has 8 heteroatoms. The van der Waals surface area contributed by atoms with Crippen LogP contribution in [0.25, 0.3) is 32.9 Å². The molecular formula is C31H34FN5O2. The average Bonchev–Trinajstić information content (AvgIpc) is 3.56. The Balaban J connectivity index is 1.34. The van der Waals surface area contributed by atoms with Gasteiger partial charge in [0.1, 0.15) is 29.4 Å². The molecule has 0 spiro atoms. The Hall–Kier alpha value is -3.52. The first kappa shape index (κ1) is 24.5. The summed E-state index contributed by atoms with van der Waals surface area (Å²) in [5.41, 5.74) is 0.911. The van der Waals surface area contributed by atoms with E-state index in [2.05, 4.69) is 26.7 Å². The van der Waals surface area contributed by atoms with E-state index in [4.69, 9.17) is 9.72 Å². The van der Waals surface area contributed by atoms with Gasteiger partial charge in [-0.25, -0.2) is 4.39 Å². The third-order valence-corrected chi connectivity index (χ3v) is 8.96. The Morgan fingerprint density at radius 3 is 2.69 bits per heavy atom. The molecule has 2 aromatic carbocycles. The summed E-state index contributed by atoms with van der Waals surface area (Å²) in [5, 5.41) is 12.6. The minimum atomic E-state index is -0.521. The minimum Gasteiger partial charge on any atom is -0.508 e. The van der Waals surface area contributed by atoms with E-state index in [1.165, 1.54) is 19.3 Å². The van der Waals surface area contributed by atoms with E-state index in [1.54, 1.807) is 18.3 Å². The molecule has 2 saturated heterocycles. The summed E-state index contributed by atoms with van der Waals surface area (Å²) >= 11 is 0. The SMILES string of the molecule is CCN1CCC[C@H]1COc1nc(N2CC3CCC(C3)C2)c2cnc(-c3cc(O)cc4ccccc34)c(F)c2n1. The number of piperidine rings is 1. The molecular weight excluding hydrogens is 493 g/mol. The summed E-state index contributed by atoms with van der Waals surface area (Å²) in [6.07, 6.45) is 7.67. The molecule has 2 aromatic heterocycles.